The predicted molar refractivity (Wildman–Crippen MR) is 171 cm³/mol. The van der Waals surface area contributed by atoms with Gasteiger partial charge in [0.05, 0.1) is 11.6 Å². The molecular weight excluding hydrogens is 512 g/mol. The maximum absolute atomic E-state index is 9.53. The number of benzene rings is 6. The molecule has 1 aliphatic rings. The Balaban J connectivity index is 1.32. The molecule has 6 aromatic carbocycles. The Labute approximate surface area is 245 Å². The van der Waals surface area contributed by atoms with Crippen LogP contribution in [0.4, 0.5) is 0 Å². The van der Waals surface area contributed by atoms with E-state index in [4.69, 9.17) is 9.98 Å². The number of nitrogens with one attached hydrogen (secondary N) is 1. The van der Waals surface area contributed by atoms with Crippen molar-refractivity contribution in [2.24, 2.45) is 9.98 Å². The van der Waals surface area contributed by atoms with Crippen LogP contribution < -0.4 is 5.32 Å². The van der Waals surface area contributed by atoms with Crippen molar-refractivity contribution in [2.45, 2.75) is 6.17 Å². The first-order valence-electron chi connectivity index (χ1n) is 13.9. The maximum Gasteiger partial charge on any atom is 0.159 e. The van der Waals surface area contributed by atoms with E-state index in [0.29, 0.717) is 11.4 Å². The third-order valence-corrected chi connectivity index (χ3v) is 7.55. The van der Waals surface area contributed by atoms with Gasteiger partial charge in [-0.05, 0) is 62.9 Å². The minimum Gasteiger partial charge on any atom is -0.344 e. The number of hydrogen-bond acceptors (Lipinski definition) is 4. The first-order valence-corrected chi connectivity index (χ1v) is 13.9. The lowest BCUT2D eigenvalue weighted by molar-refractivity contribution is 0.674. The molecule has 4 nitrogen and oxygen atoms in total. The Morgan fingerprint density at radius 1 is 0.548 bits per heavy atom. The average Bonchev–Trinajstić information content (AvgIpc) is 3.08. The molecule has 6 aromatic rings. The molecule has 0 aliphatic carbocycles. The van der Waals surface area contributed by atoms with Gasteiger partial charge in [0.2, 0.25) is 0 Å². The van der Waals surface area contributed by atoms with Crippen LogP contribution in [0.1, 0.15) is 28.4 Å². The van der Waals surface area contributed by atoms with E-state index >= 15 is 0 Å². The SMILES string of the molecule is N#Cc1cccc(-c2cc3ccccc3cc2-c2ccc(C3=NC(c4ccccc4)NC(c4ccccc4)=N3)cc2)c1. The Morgan fingerprint density at radius 2 is 1.14 bits per heavy atom. The number of aliphatic imine (C=N–C) groups is 2. The van der Waals surface area contributed by atoms with Crippen LogP contribution in [0.5, 0.6) is 0 Å². The summed E-state index contributed by atoms with van der Waals surface area (Å²) in [6.07, 6.45) is -0.243. The van der Waals surface area contributed by atoms with Crippen molar-refractivity contribution in [1.29, 1.82) is 5.26 Å². The fraction of sp³-hybridized carbons (Fsp3) is 0.0263. The number of rotatable bonds is 5. The summed E-state index contributed by atoms with van der Waals surface area (Å²) in [6, 6.07) is 51.8. The lowest BCUT2D eigenvalue weighted by Gasteiger charge is -2.23. The summed E-state index contributed by atoms with van der Waals surface area (Å²) < 4.78 is 0. The van der Waals surface area contributed by atoms with Gasteiger partial charge in [0.15, 0.2) is 5.84 Å². The fourth-order valence-corrected chi connectivity index (χ4v) is 5.40. The molecule has 0 amide bonds. The Hall–Kier alpha value is -5.79. The highest BCUT2D eigenvalue weighted by Gasteiger charge is 2.21. The summed E-state index contributed by atoms with van der Waals surface area (Å²) in [5, 5.41) is 15.4. The van der Waals surface area contributed by atoms with Crippen LogP contribution in [0, 0.1) is 11.3 Å². The van der Waals surface area contributed by atoms with Crippen molar-refractivity contribution in [2.75, 3.05) is 0 Å². The normalized spacial score (nSPS) is 14.4. The largest absolute Gasteiger partial charge is 0.344 e. The molecule has 4 heteroatoms. The van der Waals surface area contributed by atoms with Crippen molar-refractivity contribution < 1.29 is 0 Å². The summed E-state index contributed by atoms with van der Waals surface area (Å²) in [4.78, 5) is 9.96. The van der Waals surface area contributed by atoms with E-state index in [0.717, 1.165) is 50.2 Å². The molecule has 1 unspecified atom stereocenters. The third-order valence-electron chi connectivity index (χ3n) is 7.55. The van der Waals surface area contributed by atoms with Crippen molar-refractivity contribution in [3.63, 3.8) is 0 Å². The van der Waals surface area contributed by atoms with Crippen LogP contribution in [0.2, 0.25) is 0 Å². The van der Waals surface area contributed by atoms with Gasteiger partial charge in [-0.25, -0.2) is 9.98 Å². The quantitative estimate of drug-likeness (QED) is 0.239. The summed E-state index contributed by atoms with van der Waals surface area (Å²) >= 11 is 0. The van der Waals surface area contributed by atoms with Crippen molar-refractivity contribution in [1.82, 2.24) is 5.32 Å². The minimum atomic E-state index is -0.243. The fourth-order valence-electron chi connectivity index (χ4n) is 5.40. The van der Waals surface area contributed by atoms with Gasteiger partial charge in [-0.3, -0.25) is 0 Å². The number of nitrogens with zero attached hydrogens (tertiary/aromatic N) is 3. The van der Waals surface area contributed by atoms with E-state index in [1.807, 2.05) is 54.6 Å². The van der Waals surface area contributed by atoms with E-state index in [2.05, 4.69) is 102 Å². The maximum atomic E-state index is 9.53. The van der Waals surface area contributed by atoms with Crippen LogP contribution in [0.3, 0.4) is 0 Å². The summed E-state index contributed by atoms with van der Waals surface area (Å²) in [7, 11) is 0. The molecule has 0 aromatic heterocycles. The van der Waals surface area contributed by atoms with Crippen LogP contribution in [0.15, 0.2) is 156 Å². The molecule has 0 fully saturated rings. The van der Waals surface area contributed by atoms with E-state index in [1.54, 1.807) is 0 Å². The van der Waals surface area contributed by atoms with Gasteiger partial charge in [0.1, 0.15) is 12.0 Å². The van der Waals surface area contributed by atoms with Crippen LogP contribution in [-0.4, -0.2) is 11.7 Å². The van der Waals surface area contributed by atoms with E-state index in [-0.39, 0.29) is 6.17 Å². The monoisotopic (exact) mass is 538 g/mol. The molecule has 198 valence electrons. The molecule has 42 heavy (non-hydrogen) atoms. The Bertz CT molecular complexity index is 2000. The standard InChI is InChI=1S/C38H26N4/c39-25-26-10-9-17-33(22-26)35-24-32-16-8-7-15-31(32)23-34(35)27-18-20-30(21-19-27)38-41-36(28-11-3-1-4-12-28)40-37(42-38)29-13-5-2-6-14-29/h1-24,36H,(H,40,41,42). The first kappa shape index (κ1) is 25.2. The number of amidine groups is 2. The summed E-state index contributed by atoms with van der Waals surface area (Å²) in [5.41, 5.74) is 7.99. The zero-order valence-electron chi connectivity index (χ0n) is 22.8. The molecule has 1 N–H and O–H groups in total. The lowest BCUT2D eigenvalue weighted by atomic mass is 9.90. The Morgan fingerprint density at radius 3 is 1.83 bits per heavy atom. The molecule has 7 rings (SSSR count). The Kier molecular flexibility index (Phi) is 6.60. The molecule has 0 saturated heterocycles. The zero-order valence-corrected chi connectivity index (χ0v) is 22.8. The lowest BCUT2D eigenvalue weighted by Crippen LogP contribution is -2.33. The van der Waals surface area contributed by atoms with Crippen LogP contribution >= 0.6 is 0 Å². The average molecular weight is 539 g/mol. The number of fused-ring (bicyclic) bond motifs is 1. The van der Waals surface area contributed by atoms with E-state index in [1.165, 1.54) is 5.39 Å². The van der Waals surface area contributed by atoms with Crippen molar-refractivity contribution in [3.05, 3.63) is 168 Å². The number of nitriles is 1. The second-order valence-electron chi connectivity index (χ2n) is 10.3. The second-order valence-corrected chi connectivity index (χ2v) is 10.3. The molecule has 0 saturated carbocycles. The van der Waals surface area contributed by atoms with Gasteiger partial charge in [-0.1, -0.05) is 121 Å². The van der Waals surface area contributed by atoms with Crippen LogP contribution in [0.25, 0.3) is 33.0 Å². The summed E-state index contributed by atoms with van der Waals surface area (Å²) in [5.74, 6) is 1.49. The van der Waals surface area contributed by atoms with Gasteiger partial charge in [0, 0.05) is 11.1 Å². The third kappa shape index (κ3) is 4.96. The molecule has 1 aliphatic heterocycles. The molecule has 1 atom stereocenters. The first-order chi connectivity index (χ1) is 20.7. The summed E-state index contributed by atoms with van der Waals surface area (Å²) in [6.45, 7) is 0. The minimum absolute atomic E-state index is 0.243. The van der Waals surface area contributed by atoms with E-state index < -0.39 is 0 Å². The van der Waals surface area contributed by atoms with Crippen LogP contribution in [-0.2, 0) is 0 Å². The molecule has 0 bridgehead atoms. The molecule has 0 spiro atoms. The predicted octanol–water partition coefficient (Wildman–Crippen LogP) is 8.54. The topological polar surface area (TPSA) is 60.5 Å². The molecule has 0 radical (unpaired) electrons. The van der Waals surface area contributed by atoms with Crippen molar-refractivity contribution in [3.8, 4) is 28.3 Å². The van der Waals surface area contributed by atoms with Gasteiger partial charge >= 0.3 is 0 Å². The smallest absolute Gasteiger partial charge is 0.159 e. The molecule has 1 heterocycles. The van der Waals surface area contributed by atoms with Gasteiger partial charge in [-0.15, -0.1) is 0 Å². The highest BCUT2D eigenvalue weighted by Crippen LogP contribution is 2.36. The highest BCUT2D eigenvalue weighted by atomic mass is 15.2. The van der Waals surface area contributed by atoms with Gasteiger partial charge < -0.3 is 5.32 Å². The van der Waals surface area contributed by atoms with Gasteiger partial charge in [0.25, 0.3) is 0 Å². The zero-order chi connectivity index (χ0) is 28.3. The second kappa shape index (κ2) is 11.0. The highest BCUT2D eigenvalue weighted by molar-refractivity contribution is 6.13. The molecular formula is C38H26N4. The van der Waals surface area contributed by atoms with Gasteiger partial charge in [-0.2, -0.15) is 5.26 Å². The van der Waals surface area contributed by atoms with Crippen molar-refractivity contribution >= 4 is 22.4 Å². The van der Waals surface area contributed by atoms with E-state index in [9.17, 15) is 5.26 Å². The number of hydrogen-bond donors (Lipinski definition) is 1.